The molecule has 0 bridgehead atoms. The molecule has 2 aliphatic rings. The number of carbonyl (C=O) groups excluding carboxylic acids is 4. The van der Waals surface area contributed by atoms with E-state index in [0.29, 0.717) is 52.4 Å². The SMILES string of the molecule is COC(=O)CCN1CCN(CCC(=O)OC)C2C1N(CCC(=O)OC)CCN2CCC(=O)OC. The number of piperazine rings is 2. The maximum absolute atomic E-state index is 11.9. The fourth-order valence-electron chi connectivity index (χ4n) is 4.58. The van der Waals surface area contributed by atoms with Crippen LogP contribution in [0.15, 0.2) is 0 Å². The lowest BCUT2D eigenvalue weighted by molar-refractivity contribution is -0.165. The number of nitrogens with zero attached hydrogens (tertiary/aromatic N) is 4. The third-order valence-electron chi connectivity index (χ3n) is 6.44. The summed E-state index contributed by atoms with van der Waals surface area (Å²) in [5, 5.41) is 0. The molecule has 0 saturated carbocycles. The molecule has 0 aromatic carbocycles. The molecule has 2 heterocycles. The molecular formula is C22H38N4O8. The van der Waals surface area contributed by atoms with E-state index < -0.39 is 0 Å². The van der Waals surface area contributed by atoms with Crippen molar-refractivity contribution >= 4 is 23.9 Å². The number of fused-ring (bicyclic) bond motifs is 1. The average molecular weight is 487 g/mol. The van der Waals surface area contributed by atoms with Crippen LogP contribution in [-0.4, -0.2) is 137 Å². The van der Waals surface area contributed by atoms with Gasteiger partial charge in [-0.05, 0) is 0 Å². The summed E-state index contributed by atoms with van der Waals surface area (Å²) in [6, 6.07) is 0. The van der Waals surface area contributed by atoms with Crippen LogP contribution in [0.2, 0.25) is 0 Å². The summed E-state index contributed by atoms with van der Waals surface area (Å²) in [6.07, 6.45) is 0.687. The Bertz CT molecular complexity index is 592. The topological polar surface area (TPSA) is 118 Å². The van der Waals surface area contributed by atoms with E-state index in [2.05, 4.69) is 19.6 Å². The molecule has 0 radical (unpaired) electrons. The van der Waals surface area contributed by atoms with Crippen LogP contribution >= 0.6 is 0 Å². The first-order chi connectivity index (χ1) is 16.3. The van der Waals surface area contributed by atoms with Crippen LogP contribution < -0.4 is 0 Å². The fourth-order valence-corrected chi connectivity index (χ4v) is 4.58. The van der Waals surface area contributed by atoms with Gasteiger partial charge in [-0.15, -0.1) is 0 Å². The summed E-state index contributed by atoms with van der Waals surface area (Å²) in [4.78, 5) is 56.3. The van der Waals surface area contributed by atoms with Crippen molar-refractivity contribution in [3.05, 3.63) is 0 Å². The number of hydrogen-bond donors (Lipinski definition) is 0. The summed E-state index contributed by atoms with van der Waals surface area (Å²) in [7, 11) is 5.48. The monoisotopic (exact) mass is 486 g/mol. The zero-order valence-corrected chi connectivity index (χ0v) is 20.7. The molecule has 12 heteroatoms. The van der Waals surface area contributed by atoms with Crippen molar-refractivity contribution in [3.63, 3.8) is 0 Å². The van der Waals surface area contributed by atoms with Gasteiger partial charge in [0, 0.05) is 52.4 Å². The summed E-state index contributed by atoms with van der Waals surface area (Å²) in [5.74, 6) is -1.15. The summed E-state index contributed by atoms with van der Waals surface area (Å²) < 4.78 is 19.3. The van der Waals surface area contributed by atoms with Crippen molar-refractivity contribution in [3.8, 4) is 0 Å². The van der Waals surface area contributed by atoms with Crippen LogP contribution in [0.3, 0.4) is 0 Å². The van der Waals surface area contributed by atoms with Crippen molar-refractivity contribution in [2.75, 3.05) is 80.8 Å². The second-order valence-electron chi connectivity index (χ2n) is 8.28. The third-order valence-corrected chi connectivity index (χ3v) is 6.44. The van der Waals surface area contributed by atoms with Gasteiger partial charge >= 0.3 is 23.9 Å². The molecule has 194 valence electrons. The van der Waals surface area contributed by atoms with E-state index >= 15 is 0 Å². The van der Waals surface area contributed by atoms with Crippen LogP contribution in [0.25, 0.3) is 0 Å². The minimum absolute atomic E-state index is 0.146. The Morgan fingerprint density at radius 3 is 0.882 bits per heavy atom. The summed E-state index contributed by atoms with van der Waals surface area (Å²) >= 11 is 0. The molecule has 0 aliphatic carbocycles. The van der Waals surface area contributed by atoms with Gasteiger partial charge < -0.3 is 18.9 Å². The van der Waals surface area contributed by atoms with Gasteiger partial charge in [0.25, 0.3) is 0 Å². The Morgan fingerprint density at radius 2 is 0.706 bits per heavy atom. The number of methoxy groups -OCH3 is 4. The van der Waals surface area contributed by atoms with Crippen LogP contribution in [0.5, 0.6) is 0 Å². The normalized spacial score (nSPS) is 22.0. The number of ether oxygens (including phenoxy) is 4. The maximum Gasteiger partial charge on any atom is 0.306 e. The standard InChI is InChI=1S/C22H38N4O8/c1-31-17(27)5-9-23-13-14-25(11-7-19(29)33-3)22-21(23)24(10-6-18(28)32-2)15-16-26(22)12-8-20(30)34-4/h21-22H,5-16H2,1-4H3. The van der Waals surface area contributed by atoms with E-state index in [0.717, 1.165) is 0 Å². The predicted octanol–water partition coefficient (Wildman–Crippen LogP) is -0.874. The second kappa shape index (κ2) is 14.2. The van der Waals surface area contributed by atoms with Gasteiger partial charge in [-0.1, -0.05) is 0 Å². The number of esters is 4. The molecule has 0 amide bonds. The smallest absolute Gasteiger partial charge is 0.306 e. The zero-order chi connectivity index (χ0) is 25.1. The van der Waals surface area contributed by atoms with Gasteiger partial charge in [0.2, 0.25) is 0 Å². The molecule has 34 heavy (non-hydrogen) atoms. The molecular weight excluding hydrogens is 448 g/mol. The van der Waals surface area contributed by atoms with E-state index in [-0.39, 0.29) is 61.9 Å². The largest absolute Gasteiger partial charge is 0.469 e. The van der Waals surface area contributed by atoms with E-state index in [9.17, 15) is 19.2 Å². The van der Waals surface area contributed by atoms with Gasteiger partial charge in [0.15, 0.2) is 0 Å². The molecule has 2 rings (SSSR count). The van der Waals surface area contributed by atoms with Gasteiger partial charge in [-0.3, -0.25) is 38.8 Å². The van der Waals surface area contributed by atoms with Crippen LogP contribution in [0.4, 0.5) is 0 Å². The van der Waals surface area contributed by atoms with Crippen molar-refractivity contribution in [1.82, 2.24) is 19.6 Å². The zero-order valence-electron chi connectivity index (χ0n) is 20.7. The lowest BCUT2D eigenvalue weighted by atomic mass is 10.1. The molecule has 0 atom stereocenters. The molecule has 12 nitrogen and oxygen atoms in total. The molecule has 0 N–H and O–H groups in total. The van der Waals surface area contributed by atoms with Crippen LogP contribution in [-0.2, 0) is 38.1 Å². The fraction of sp³-hybridized carbons (Fsp3) is 0.818. The molecule has 2 saturated heterocycles. The van der Waals surface area contributed by atoms with Crippen LogP contribution in [0, 0.1) is 0 Å². The van der Waals surface area contributed by atoms with E-state index in [4.69, 9.17) is 18.9 Å². The third kappa shape index (κ3) is 7.90. The van der Waals surface area contributed by atoms with E-state index in [1.54, 1.807) is 0 Å². The first-order valence-electron chi connectivity index (χ1n) is 11.6. The van der Waals surface area contributed by atoms with Crippen molar-refractivity contribution in [1.29, 1.82) is 0 Å². The highest BCUT2D eigenvalue weighted by Gasteiger charge is 2.45. The lowest BCUT2D eigenvalue weighted by Crippen LogP contribution is -2.74. The number of rotatable bonds is 12. The van der Waals surface area contributed by atoms with E-state index in [1.807, 2.05) is 0 Å². The molecule has 0 aromatic heterocycles. The maximum atomic E-state index is 11.9. The van der Waals surface area contributed by atoms with Crippen molar-refractivity contribution in [2.24, 2.45) is 0 Å². The molecule has 2 aliphatic heterocycles. The minimum Gasteiger partial charge on any atom is -0.469 e. The lowest BCUT2D eigenvalue weighted by Gasteiger charge is -2.58. The van der Waals surface area contributed by atoms with Gasteiger partial charge in [-0.2, -0.15) is 0 Å². The first-order valence-corrected chi connectivity index (χ1v) is 11.6. The highest BCUT2D eigenvalue weighted by atomic mass is 16.5. The summed E-state index contributed by atoms with van der Waals surface area (Å²) in [6.45, 7) is 4.71. The molecule has 0 aromatic rings. The molecule has 2 fully saturated rings. The van der Waals surface area contributed by atoms with Gasteiger partial charge in [-0.25, -0.2) is 0 Å². The Hall–Kier alpha value is -2.28. The van der Waals surface area contributed by atoms with Crippen molar-refractivity contribution in [2.45, 2.75) is 38.0 Å². The summed E-state index contributed by atoms with van der Waals surface area (Å²) in [5.41, 5.74) is 0. The average Bonchev–Trinajstić information content (AvgIpc) is 2.87. The molecule has 0 spiro atoms. The van der Waals surface area contributed by atoms with E-state index in [1.165, 1.54) is 28.4 Å². The van der Waals surface area contributed by atoms with Crippen molar-refractivity contribution < 1.29 is 38.1 Å². The highest BCUT2D eigenvalue weighted by molar-refractivity contribution is 5.70. The Labute approximate surface area is 201 Å². The number of hydrogen-bond acceptors (Lipinski definition) is 12. The quantitative estimate of drug-likeness (QED) is 0.252. The minimum atomic E-state index is -0.288. The number of carbonyl (C=O) groups is 4. The second-order valence-corrected chi connectivity index (χ2v) is 8.28. The van der Waals surface area contributed by atoms with Crippen LogP contribution in [0.1, 0.15) is 25.7 Å². The Balaban J connectivity index is 2.29. The van der Waals surface area contributed by atoms with Gasteiger partial charge in [0.1, 0.15) is 0 Å². The first kappa shape index (κ1) is 28.0. The Morgan fingerprint density at radius 1 is 0.500 bits per heavy atom. The highest BCUT2D eigenvalue weighted by Crippen LogP contribution is 2.28. The predicted molar refractivity (Wildman–Crippen MR) is 120 cm³/mol. The Kier molecular flexibility index (Phi) is 11.7. The molecule has 0 unspecified atom stereocenters. The van der Waals surface area contributed by atoms with Gasteiger partial charge in [0.05, 0.1) is 66.5 Å².